The fraction of sp³-hybridized carbons (Fsp3) is 0.333. The van der Waals surface area contributed by atoms with Crippen molar-refractivity contribution in [1.29, 1.82) is 0 Å². The van der Waals surface area contributed by atoms with Crippen molar-refractivity contribution in [2.45, 2.75) is 32.7 Å². The summed E-state index contributed by atoms with van der Waals surface area (Å²) in [6.45, 7) is 7.74. The molecule has 1 amide bonds. The van der Waals surface area contributed by atoms with Crippen LogP contribution in [-0.4, -0.2) is 65.7 Å². The molecule has 0 radical (unpaired) electrons. The molecule has 0 aromatic heterocycles. The van der Waals surface area contributed by atoms with E-state index >= 15 is 0 Å². The summed E-state index contributed by atoms with van der Waals surface area (Å²) >= 11 is 0. The van der Waals surface area contributed by atoms with Gasteiger partial charge in [-0.05, 0) is 35.1 Å². The molecule has 3 aliphatic rings. The molecule has 1 saturated heterocycles. The number of para-hydroxylation sites is 2. The van der Waals surface area contributed by atoms with Crippen molar-refractivity contribution in [1.82, 2.24) is 9.80 Å². The molecule has 1 N–H and O–H groups in total. The molecule has 9 heteroatoms. The van der Waals surface area contributed by atoms with Crippen LogP contribution < -0.4 is 10.2 Å². The normalized spacial score (nSPS) is 20.0. The minimum Gasteiger partial charge on any atom is -0.357 e. The Morgan fingerprint density at radius 3 is 2.47 bits per heavy atom. The van der Waals surface area contributed by atoms with Gasteiger partial charge in [-0.1, -0.05) is 80.6 Å². The summed E-state index contributed by atoms with van der Waals surface area (Å²) in [7, 11) is 0. The van der Waals surface area contributed by atoms with Crippen LogP contribution in [-0.2, 0) is 9.59 Å². The maximum absolute atomic E-state index is 14.0. The number of allylic oxidation sites excluding steroid dienone is 1. The first-order valence-electron chi connectivity index (χ1n) is 15.5. The number of nitro groups is 1. The van der Waals surface area contributed by atoms with E-state index in [9.17, 15) is 19.7 Å². The van der Waals surface area contributed by atoms with Crippen molar-refractivity contribution >= 4 is 34.8 Å². The van der Waals surface area contributed by atoms with E-state index in [4.69, 9.17) is 0 Å². The van der Waals surface area contributed by atoms with Crippen molar-refractivity contribution < 1.29 is 14.5 Å². The molecule has 9 nitrogen and oxygen atoms in total. The number of nitro benzene ring substituents is 1. The van der Waals surface area contributed by atoms with Crippen molar-refractivity contribution in [3.05, 3.63) is 117 Å². The fourth-order valence-corrected chi connectivity index (χ4v) is 6.71. The van der Waals surface area contributed by atoms with Gasteiger partial charge in [0, 0.05) is 62.5 Å². The van der Waals surface area contributed by atoms with Gasteiger partial charge in [0.15, 0.2) is 5.78 Å². The number of non-ortho nitro benzene ring substituents is 1. The Balaban J connectivity index is 1.28. The molecule has 0 bridgehead atoms. The van der Waals surface area contributed by atoms with Crippen molar-refractivity contribution in [2.24, 2.45) is 5.41 Å². The minimum absolute atomic E-state index is 0.00678. The maximum atomic E-state index is 14.0. The number of fused-ring (bicyclic) bond motifs is 1. The van der Waals surface area contributed by atoms with Crippen LogP contribution in [0.5, 0.6) is 0 Å². The van der Waals surface area contributed by atoms with Crippen molar-refractivity contribution in [2.75, 3.05) is 49.5 Å². The second-order valence-corrected chi connectivity index (χ2v) is 12.9. The molecule has 2 heterocycles. The summed E-state index contributed by atoms with van der Waals surface area (Å²) in [5, 5.41) is 15.3. The summed E-state index contributed by atoms with van der Waals surface area (Å²) in [5.41, 5.74) is 4.47. The van der Waals surface area contributed by atoms with Gasteiger partial charge in [-0.2, -0.15) is 0 Å². The first-order chi connectivity index (χ1) is 21.7. The number of carbonyl (C=O) groups is 2. The van der Waals surface area contributed by atoms with E-state index in [1.165, 1.54) is 12.1 Å². The van der Waals surface area contributed by atoms with Crippen LogP contribution >= 0.6 is 0 Å². The number of benzene rings is 3. The highest BCUT2D eigenvalue weighted by atomic mass is 16.6. The number of nitrogens with zero attached hydrogens (tertiary/aromatic N) is 4. The van der Waals surface area contributed by atoms with E-state index in [0.29, 0.717) is 37.1 Å². The highest BCUT2D eigenvalue weighted by molar-refractivity contribution is 6.02. The number of piperazine rings is 1. The molecule has 3 aromatic carbocycles. The van der Waals surface area contributed by atoms with Gasteiger partial charge < -0.3 is 15.1 Å². The van der Waals surface area contributed by atoms with E-state index in [-0.39, 0.29) is 29.3 Å². The van der Waals surface area contributed by atoms with Crippen LogP contribution in [0, 0.1) is 15.5 Å². The van der Waals surface area contributed by atoms with Gasteiger partial charge in [0.25, 0.3) is 5.69 Å². The number of anilines is 2. The first kappa shape index (κ1) is 30.3. The molecule has 3 aromatic rings. The first-order valence-corrected chi connectivity index (χ1v) is 15.5. The zero-order valence-corrected chi connectivity index (χ0v) is 25.8. The van der Waals surface area contributed by atoms with Crippen LogP contribution in [0.3, 0.4) is 0 Å². The smallest absolute Gasteiger partial charge is 0.269 e. The summed E-state index contributed by atoms with van der Waals surface area (Å²) in [6, 6.07) is 23.8. The van der Waals surface area contributed by atoms with E-state index in [2.05, 4.69) is 48.3 Å². The molecule has 0 spiro atoms. The summed E-state index contributed by atoms with van der Waals surface area (Å²) in [4.78, 5) is 45.5. The van der Waals surface area contributed by atoms with Crippen LogP contribution in [0.4, 0.5) is 17.1 Å². The molecule has 6 rings (SSSR count). The number of ketones is 1. The number of hydrogen-bond donors (Lipinski definition) is 1. The summed E-state index contributed by atoms with van der Waals surface area (Å²) < 4.78 is 0. The van der Waals surface area contributed by atoms with E-state index in [1.807, 2.05) is 58.3 Å². The zero-order chi connectivity index (χ0) is 31.6. The molecular formula is C36H39N5O4. The molecule has 45 heavy (non-hydrogen) atoms. The van der Waals surface area contributed by atoms with Crippen LogP contribution in [0.1, 0.15) is 43.9 Å². The third-order valence-electron chi connectivity index (χ3n) is 8.90. The van der Waals surface area contributed by atoms with Gasteiger partial charge in [0.05, 0.1) is 28.9 Å². The van der Waals surface area contributed by atoms with Gasteiger partial charge in [0.2, 0.25) is 5.91 Å². The third kappa shape index (κ3) is 6.68. The van der Waals surface area contributed by atoms with E-state index in [1.54, 1.807) is 6.07 Å². The van der Waals surface area contributed by atoms with E-state index in [0.717, 1.165) is 42.3 Å². The van der Waals surface area contributed by atoms with Crippen LogP contribution in [0.15, 0.2) is 96.2 Å². The Morgan fingerprint density at radius 2 is 1.71 bits per heavy atom. The average Bonchev–Trinajstić information content (AvgIpc) is 3.15. The largest absolute Gasteiger partial charge is 0.357 e. The second kappa shape index (κ2) is 12.7. The molecule has 1 atom stereocenters. The van der Waals surface area contributed by atoms with Crippen molar-refractivity contribution in [3.63, 3.8) is 0 Å². The summed E-state index contributed by atoms with van der Waals surface area (Å²) in [5.74, 6) is -0.0416. The Morgan fingerprint density at radius 1 is 0.978 bits per heavy atom. The Hall–Kier alpha value is -4.76. The predicted octanol–water partition coefficient (Wildman–Crippen LogP) is 6.07. The standard InChI is InChI=1S/C36H39N5O4/c1-36(2)23-30-34(32(42)24-36)35(27-13-8-14-28(22-27)41(44)45)40(31-16-7-6-15-29(31)37-30)25-33(43)39-20-18-38(19-21-39)17-9-12-26-10-4-3-5-11-26/h3-16,22,35,37H,17-21,23-25H2,1-2H3/b12-9+. The lowest BCUT2D eigenvalue weighted by Crippen LogP contribution is -2.51. The Labute approximate surface area is 264 Å². The lowest BCUT2D eigenvalue weighted by atomic mass is 9.73. The number of amides is 1. The number of nitrogens with one attached hydrogen (secondary N) is 1. The lowest BCUT2D eigenvalue weighted by molar-refractivity contribution is -0.384. The van der Waals surface area contributed by atoms with E-state index < -0.39 is 11.0 Å². The average molecular weight is 606 g/mol. The second-order valence-electron chi connectivity index (χ2n) is 12.9. The monoisotopic (exact) mass is 605 g/mol. The molecular weight excluding hydrogens is 566 g/mol. The summed E-state index contributed by atoms with van der Waals surface area (Å²) in [6.07, 6.45) is 5.28. The van der Waals surface area contributed by atoms with Crippen LogP contribution in [0.2, 0.25) is 0 Å². The van der Waals surface area contributed by atoms with Gasteiger partial charge >= 0.3 is 0 Å². The SMILES string of the molecule is CC1(C)CC(=O)C2=C(C1)Nc1ccccc1N(CC(=O)N1CCN(C/C=C/c3ccccc3)CC1)C2c1cccc([N+](=O)[O-])c1. The number of hydrogen-bond acceptors (Lipinski definition) is 7. The van der Waals surface area contributed by atoms with Crippen molar-refractivity contribution in [3.8, 4) is 0 Å². The molecule has 232 valence electrons. The third-order valence-corrected chi connectivity index (χ3v) is 8.90. The Kier molecular flexibility index (Phi) is 8.54. The topological polar surface area (TPSA) is 99.0 Å². The predicted molar refractivity (Wildman–Crippen MR) is 177 cm³/mol. The number of rotatable bonds is 7. The Bertz CT molecular complexity index is 1660. The quantitative estimate of drug-likeness (QED) is 0.258. The molecule has 1 unspecified atom stereocenters. The molecule has 0 saturated carbocycles. The van der Waals surface area contributed by atoms with Crippen LogP contribution in [0.25, 0.3) is 6.08 Å². The molecule has 2 aliphatic heterocycles. The molecule has 1 fully saturated rings. The number of carbonyl (C=O) groups excluding carboxylic acids is 2. The van der Waals surface area contributed by atoms with Gasteiger partial charge in [-0.25, -0.2) is 0 Å². The zero-order valence-electron chi connectivity index (χ0n) is 25.8. The van der Waals surface area contributed by atoms with Gasteiger partial charge in [0.1, 0.15) is 0 Å². The van der Waals surface area contributed by atoms with Gasteiger partial charge in [-0.3, -0.25) is 24.6 Å². The molecule has 1 aliphatic carbocycles. The minimum atomic E-state index is -0.659. The highest BCUT2D eigenvalue weighted by Crippen LogP contribution is 2.48. The maximum Gasteiger partial charge on any atom is 0.269 e. The van der Waals surface area contributed by atoms with Gasteiger partial charge in [-0.15, -0.1) is 0 Å². The number of Topliss-reactive ketones (excluding diaryl/α,β-unsaturated/α-hetero) is 1. The fourth-order valence-electron chi connectivity index (χ4n) is 6.71. The lowest BCUT2D eigenvalue weighted by Gasteiger charge is -2.39. The highest BCUT2D eigenvalue weighted by Gasteiger charge is 2.42.